The molecular weight excluding hydrogens is 363 g/mol. The Morgan fingerprint density at radius 3 is 2.52 bits per heavy atom. The number of aryl methyl sites for hydroxylation is 2. The van der Waals surface area contributed by atoms with Gasteiger partial charge in [-0.25, -0.2) is 9.78 Å². The molecule has 2 heterocycles. The Morgan fingerprint density at radius 2 is 1.76 bits per heavy atom. The number of nitrogens with zero attached hydrogens (tertiary/aromatic N) is 1. The summed E-state index contributed by atoms with van der Waals surface area (Å²) in [6.45, 7) is 4.06. The maximum Gasteiger partial charge on any atom is 0.347 e. The molecule has 3 N–H and O–H groups in total. The van der Waals surface area contributed by atoms with Gasteiger partial charge in [-0.05, 0) is 55.3 Å². The van der Waals surface area contributed by atoms with Crippen molar-refractivity contribution in [3.63, 3.8) is 0 Å². The minimum absolute atomic E-state index is 0. The fraction of sp³-hybridized carbons (Fsp3) is 0.111. The lowest BCUT2D eigenvalue weighted by molar-refractivity contribution is 0.563. The molecule has 0 atom stereocenters. The zero-order valence-electron chi connectivity index (χ0n) is 13.4. The molecule has 128 valence electrons. The van der Waals surface area contributed by atoms with Crippen molar-refractivity contribution in [1.82, 2.24) is 9.97 Å². The average Bonchev–Trinajstić information content (AvgIpc) is 2.90. The van der Waals surface area contributed by atoms with E-state index in [1.54, 1.807) is 18.2 Å². The summed E-state index contributed by atoms with van der Waals surface area (Å²) in [5.41, 5.74) is 4.13. The number of rotatable bonds is 1. The second kappa shape index (κ2) is 6.19. The van der Waals surface area contributed by atoms with Crippen molar-refractivity contribution < 1.29 is 9.89 Å². The van der Waals surface area contributed by atoms with Gasteiger partial charge in [0, 0.05) is 10.4 Å². The molecule has 7 heteroatoms. The van der Waals surface area contributed by atoms with Gasteiger partial charge in [-0.2, -0.15) is 0 Å². The van der Waals surface area contributed by atoms with Crippen molar-refractivity contribution in [2.45, 2.75) is 13.8 Å². The van der Waals surface area contributed by atoms with Crippen molar-refractivity contribution in [2.24, 2.45) is 0 Å². The van der Waals surface area contributed by atoms with Crippen LogP contribution in [0, 0.1) is 13.8 Å². The van der Waals surface area contributed by atoms with Crippen LogP contribution < -0.4 is 5.63 Å². The van der Waals surface area contributed by atoms with Crippen LogP contribution >= 0.6 is 23.2 Å². The molecule has 0 saturated carbocycles. The van der Waals surface area contributed by atoms with Crippen LogP contribution in [-0.4, -0.2) is 15.4 Å². The molecule has 0 spiro atoms. The summed E-state index contributed by atoms with van der Waals surface area (Å²) in [6, 6.07) is 8.93. The lowest BCUT2D eigenvalue weighted by Crippen LogP contribution is -2.03. The molecule has 0 aliphatic heterocycles. The molecule has 0 radical (unpaired) electrons. The zero-order valence-corrected chi connectivity index (χ0v) is 14.9. The number of hydrogen-bond acceptors (Lipinski definition) is 3. The highest BCUT2D eigenvalue weighted by atomic mass is 35.5. The number of fused-ring (bicyclic) bond motifs is 2. The fourth-order valence-electron chi connectivity index (χ4n) is 2.72. The van der Waals surface area contributed by atoms with E-state index in [4.69, 9.17) is 27.6 Å². The summed E-state index contributed by atoms with van der Waals surface area (Å²) in [5, 5.41) is 1.43. The SMILES string of the molecule is Cc1cc2nc(-c3cc4cc(Cl)cc(Cl)c4oc3=O)[nH]c2cc1C.O. The second-order valence-corrected chi connectivity index (χ2v) is 6.64. The van der Waals surface area contributed by atoms with E-state index in [9.17, 15) is 4.79 Å². The number of aromatic nitrogens is 2. The minimum Gasteiger partial charge on any atom is -0.421 e. The highest BCUT2D eigenvalue weighted by Gasteiger charge is 2.14. The molecule has 2 aromatic carbocycles. The Labute approximate surface area is 152 Å². The molecule has 4 aromatic rings. The van der Waals surface area contributed by atoms with Crippen molar-refractivity contribution >= 4 is 45.2 Å². The number of halogens is 2. The van der Waals surface area contributed by atoms with E-state index in [-0.39, 0.29) is 5.48 Å². The predicted molar refractivity (Wildman–Crippen MR) is 101 cm³/mol. The molecule has 25 heavy (non-hydrogen) atoms. The first-order valence-electron chi connectivity index (χ1n) is 7.32. The van der Waals surface area contributed by atoms with Crippen molar-refractivity contribution in [3.05, 3.63) is 61.9 Å². The molecule has 0 unspecified atom stereocenters. The van der Waals surface area contributed by atoms with Crippen LogP contribution in [0.1, 0.15) is 11.1 Å². The first-order chi connectivity index (χ1) is 11.4. The molecule has 0 aliphatic carbocycles. The van der Waals surface area contributed by atoms with Crippen LogP contribution in [0.4, 0.5) is 0 Å². The minimum atomic E-state index is -0.501. The summed E-state index contributed by atoms with van der Waals surface area (Å²) in [7, 11) is 0. The van der Waals surface area contributed by atoms with Crippen LogP contribution in [0.3, 0.4) is 0 Å². The van der Waals surface area contributed by atoms with Crippen LogP contribution in [0.5, 0.6) is 0 Å². The van der Waals surface area contributed by atoms with Gasteiger partial charge in [-0.1, -0.05) is 23.2 Å². The lowest BCUT2D eigenvalue weighted by atomic mass is 10.1. The third-order valence-corrected chi connectivity index (χ3v) is 4.60. The molecule has 2 aromatic heterocycles. The second-order valence-electron chi connectivity index (χ2n) is 5.79. The number of nitrogens with one attached hydrogen (secondary N) is 1. The summed E-state index contributed by atoms with van der Waals surface area (Å²) in [5.74, 6) is 0.460. The standard InChI is InChI=1S/C18H12Cl2N2O2.H2O/c1-8-3-14-15(4-9(8)2)22-17(21-14)12-6-10-5-11(19)7-13(20)16(10)24-18(12)23;/h3-7H,1-2H3,(H,21,22);1H2. The molecule has 5 nitrogen and oxygen atoms in total. The number of hydrogen-bond donors (Lipinski definition) is 1. The number of H-pyrrole nitrogens is 1. The normalized spacial score (nSPS) is 11.0. The monoisotopic (exact) mass is 376 g/mol. The quantitative estimate of drug-likeness (QED) is 0.498. The largest absolute Gasteiger partial charge is 0.421 e. The van der Waals surface area contributed by atoms with Crippen molar-refractivity contribution in [1.29, 1.82) is 0 Å². The number of benzene rings is 2. The molecule has 0 amide bonds. The van der Waals surface area contributed by atoms with Crippen molar-refractivity contribution in [3.8, 4) is 11.4 Å². The Hall–Kier alpha value is -2.34. The fourth-order valence-corrected chi connectivity index (χ4v) is 3.27. The lowest BCUT2D eigenvalue weighted by Gasteiger charge is -2.02. The molecule has 4 rings (SSSR count). The van der Waals surface area contributed by atoms with E-state index in [0.29, 0.717) is 32.4 Å². The topological polar surface area (TPSA) is 90.4 Å². The number of aromatic amines is 1. The van der Waals surface area contributed by atoms with Crippen LogP contribution in [0.15, 0.2) is 39.5 Å². The van der Waals surface area contributed by atoms with Gasteiger partial charge in [0.05, 0.1) is 16.1 Å². The van der Waals surface area contributed by atoms with Gasteiger partial charge in [-0.3, -0.25) is 0 Å². The van der Waals surface area contributed by atoms with Gasteiger partial charge in [-0.15, -0.1) is 0 Å². The van der Waals surface area contributed by atoms with E-state index in [1.165, 1.54) is 0 Å². The van der Waals surface area contributed by atoms with E-state index in [2.05, 4.69) is 9.97 Å². The van der Waals surface area contributed by atoms with Crippen LogP contribution in [-0.2, 0) is 0 Å². The third kappa shape index (κ3) is 2.91. The van der Waals surface area contributed by atoms with Gasteiger partial charge in [0.25, 0.3) is 0 Å². The van der Waals surface area contributed by atoms with Gasteiger partial charge in [0.2, 0.25) is 0 Å². The Balaban J connectivity index is 0.00000182. The predicted octanol–water partition coefficient (Wildman–Crippen LogP) is 4.44. The van der Waals surface area contributed by atoms with Gasteiger partial charge < -0.3 is 14.9 Å². The average molecular weight is 377 g/mol. The third-order valence-electron chi connectivity index (χ3n) is 4.10. The van der Waals surface area contributed by atoms with Crippen LogP contribution in [0.2, 0.25) is 10.0 Å². The first kappa shape index (κ1) is 17.5. The maximum atomic E-state index is 12.4. The zero-order chi connectivity index (χ0) is 17.0. The van der Waals surface area contributed by atoms with Gasteiger partial charge in [0.15, 0.2) is 5.58 Å². The summed E-state index contributed by atoms with van der Waals surface area (Å²) in [4.78, 5) is 20.1. The van der Waals surface area contributed by atoms with E-state index in [1.807, 2.05) is 26.0 Å². The summed E-state index contributed by atoms with van der Waals surface area (Å²) < 4.78 is 5.37. The van der Waals surface area contributed by atoms with Gasteiger partial charge >= 0.3 is 5.63 Å². The van der Waals surface area contributed by atoms with Gasteiger partial charge in [0.1, 0.15) is 11.4 Å². The molecule has 0 aliphatic rings. The van der Waals surface area contributed by atoms with Crippen molar-refractivity contribution in [2.75, 3.05) is 0 Å². The Kier molecular flexibility index (Phi) is 4.33. The maximum absolute atomic E-state index is 12.4. The molecule has 0 saturated heterocycles. The summed E-state index contributed by atoms with van der Waals surface area (Å²) in [6.07, 6.45) is 0. The Bertz CT molecular complexity index is 1140. The smallest absolute Gasteiger partial charge is 0.347 e. The van der Waals surface area contributed by atoms with E-state index < -0.39 is 5.63 Å². The highest BCUT2D eigenvalue weighted by molar-refractivity contribution is 6.38. The first-order valence-corrected chi connectivity index (χ1v) is 8.08. The Morgan fingerprint density at radius 1 is 1.04 bits per heavy atom. The van der Waals surface area contributed by atoms with E-state index in [0.717, 1.165) is 22.2 Å². The van der Waals surface area contributed by atoms with E-state index >= 15 is 0 Å². The van der Waals surface area contributed by atoms with Crippen LogP contribution in [0.25, 0.3) is 33.4 Å². The molecule has 0 bridgehead atoms. The highest BCUT2D eigenvalue weighted by Crippen LogP contribution is 2.29. The summed E-state index contributed by atoms with van der Waals surface area (Å²) >= 11 is 12.1. The number of imidazole rings is 1. The molecular formula is C18H14Cl2N2O3. The molecule has 0 fully saturated rings.